The molecule has 3 aromatic rings. The fraction of sp³-hybridized carbons (Fsp3) is 0.0625. The fourth-order valence-electron chi connectivity index (χ4n) is 2.19. The largest absolute Gasteiger partial charge is 0.416 e. The van der Waals surface area contributed by atoms with Gasteiger partial charge >= 0.3 is 6.18 Å². The van der Waals surface area contributed by atoms with E-state index in [1.165, 1.54) is 12.3 Å². The number of halogens is 3. The molecule has 1 aromatic heterocycles. The molecule has 0 radical (unpaired) electrons. The third-order valence-corrected chi connectivity index (χ3v) is 3.15. The minimum atomic E-state index is -4.35. The molecule has 3 rings (SSSR count). The smallest absolute Gasteiger partial charge is 0.256 e. The quantitative estimate of drug-likeness (QED) is 0.613. The standard InChI is InChI=1S/C16H10F3N/c17-16(18,19)12-6-7-14-13(8-9-20-15(14)10-12)11-4-2-1-3-5-11/h1-10H. The Morgan fingerprint density at radius 1 is 0.850 bits per heavy atom. The number of aromatic nitrogens is 1. The van der Waals surface area contributed by atoms with Gasteiger partial charge in [0, 0.05) is 11.6 Å². The molecule has 0 aliphatic rings. The van der Waals surface area contributed by atoms with E-state index in [0.717, 1.165) is 23.3 Å². The monoisotopic (exact) mass is 273 g/mol. The molecule has 0 N–H and O–H groups in total. The van der Waals surface area contributed by atoms with Gasteiger partial charge in [0.2, 0.25) is 0 Å². The van der Waals surface area contributed by atoms with Crippen LogP contribution in [0.1, 0.15) is 5.56 Å². The summed E-state index contributed by atoms with van der Waals surface area (Å²) in [6.07, 6.45) is -2.82. The lowest BCUT2D eigenvalue weighted by Crippen LogP contribution is -2.04. The number of hydrogen-bond acceptors (Lipinski definition) is 1. The molecule has 0 unspecified atom stereocenters. The molecule has 0 atom stereocenters. The van der Waals surface area contributed by atoms with Gasteiger partial charge in [-0.3, -0.25) is 4.98 Å². The molecule has 0 amide bonds. The first-order chi connectivity index (χ1) is 9.55. The number of rotatable bonds is 1. The summed E-state index contributed by atoms with van der Waals surface area (Å²) in [7, 11) is 0. The lowest BCUT2D eigenvalue weighted by molar-refractivity contribution is -0.137. The van der Waals surface area contributed by atoms with Gasteiger partial charge in [-0.25, -0.2) is 0 Å². The molecule has 2 aromatic carbocycles. The van der Waals surface area contributed by atoms with Crippen LogP contribution in [0.15, 0.2) is 60.8 Å². The van der Waals surface area contributed by atoms with Crippen LogP contribution in [0.4, 0.5) is 13.2 Å². The topological polar surface area (TPSA) is 12.9 Å². The van der Waals surface area contributed by atoms with Gasteiger partial charge in [-0.2, -0.15) is 13.2 Å². The SMILES string of the molecule is FC(F)(F)c1ccc2c(-c3ccccc3)ccnc2c1. The Balaban J connectivity index is 2.22. The summed E-state index contributed by atoms with van der Waals surface area (Å²) in [6, 6.07) is 15.0. The van der Waals surface area contributed by atoms with Crippen LogP contribution in [-0.4, -0.2) is 4.98 Å². The molecule has 20 heavy (non-hydrogen) atoms. The fourth-order valence-corrected chi connectivity index (χ4v) is 2.19. The van der Waals surface area contributed by atoms with Crippen LogP contribution in [0.25, 0.3) is 22.0 Å². The van der Waals surface area contributed by atoms with Crippen molar-refractivity contribution in [3.8, 4) is 11.1 Å². The van der Waals surface area contributed by atoms with Crippen molar-refractivity contribution in [2.75, 3.05) is 0 Å². The van der Waals surface area contributed by atoms with Crippen LogP contribution in [0, 0.1) is 0 Å². The van der Waals surface area contributed by atoms with E-state index in [1.807, 2.05) is 36.4 Å². The minimum absolute atomic E-state index is 0.348. The lowest BCUT2D eigenvalue weighted by atomic mass is 10.0. The normalized spacial score (nSPS) is 11.8. The van der Waals surface area contributed by atoms with E-state index >= 15 is 0 Å². The van der Waals surface area contributed by atoms with Crippen molar-refractivity contribution in [3.63, 3.8) is 0 Å². The average Bonchev–Trinajstić information content (AvgIpc) is 2.46. The van der Waals surface area contributed by atoms with Crippen molar-refractivity contribution in [3.05, 3.63) is 66.4 Å². The highest BCUT2D eigenvalue weighted by molar-refractivity contribution is 5.94. The zero-order valence-corrected chi connectivity index (χ0v) is 10.4. The van der Waals surface area contributed by atoms with Crippen molar-refractivity contribution in [2.45, 2.75) is 6.18 Å². The minimum Gasteiger partial charge on any atom is -0.256 e. The van der Waals surface area contributed by atoms with E-state index in [4.69, 9.17) is 0 Å². The zero-order valence-electron chi connectivity index (χ0n) is 10.4. The summed E-state index contributed by atoms with van der Waals surface area (Å²) in [6.45, 7) is 0. The van der Waals surface area contributed by atoms with E-state index in [1.54, 1.807) is 0 Å². The van der Waals surface area contributed by atoms with Crippen LogP contribution in [0.2, 0.25) is 0 Å². The highest BCUT2D eigenvalue weighted by atomic mass is 19.4. The molecule has 1 nitrogen and oxygen atoms in total. The number of fused-ring (bicyclic) bond motifs is 1. The first-order valence-corrected chi connectivity index (χ1v) is 6.07. The molecule has 0 bridgehead atoms. The van der Waals surface area contributed by atoms with Gasteiger partial charge in [-0.05, 0) is 29.3 Å². The molecule has 0 saturated heterocycles. The van der Waals surface area contributed by atoms with Gasteiger partial charge < -0.3 is 0 Å². The molecule has 0 saturated carbocycles. The Labute approximate surface area is 113 Å². The maximum absolute atomic E-state index is 12.7. The van der Waals surface area contributed by atoms with Crippen molar-refractivity contribution in [2.24, 2.45) is 0 Å². The highest BCUT2D eigenvalue weighted by Gasteiger charge is 2.30. The number of nitrogens with zero attached hydrogens (tertiary/aromatic N) is 1. The van der Waals surface area contributed by atoms with Crippen molar-refractivity contribution < 1.29 is 13.2 Å². The molecule has 100 valence electrons. The second kappa shape index (κ2) is 4.63. The third-order valence-electron chi connectivity index (χ3n) is 3.15. The molecule has 0 aliphatic carbocycles. The summed E-state index contributed by atoms with van der Waals surface area (Å²) in [5.74, 6) is 0. The zero-order chi connectivity index (χ0) is 14.2. The molecule has 0 fully saturated rings. The first-order valence-electron chi connectivity index (χ1n) is 6.07. The van der Waals surface area contributed by atoms with Crippen molar-refractivity contribution in [1.29, 1.82) is 0 Å². The van der Waals surface area contributed by atoms with E-state index in [9.17, 15) is 13.2 Å². The molecular formula is C16H10F3N. The molecule has 1 heterocycles. The molecule has 4 heteroatoms. The first kappa shape index (κ1) is 12.7. The lowest BCUT2D eigenvalue weighted by Gasteiger charge is -2.10. The molecule has 0 aliphatic heterocycles. The predicted octanol–water partition coefficient (Wildman–Crippen LogP) is 4.92. The highest BCUT2D eigenvalue weighted by Crippen LogP contribution is 2.33. The third kappa shape index (κ3) is 2.25. The number of alkyl halides is 3. The average molecular weight is 273 g/mol. The number of benzene rings is 2. The van der Waals surface area contributed by atoms with E-state index in [2.05, 4.69) is 4.98 Å². The maximum Gasteiger partial charge on any atom is 0.416 e. The van der Waals surface area contributed by atoms with Crippen molar-refractivity contribution >= 4 is 10.9 Å². The van der Waals surface area contributed by atoms with Crippen LogP contribution in [0.3, 0.4) is 0 Å². The van der Waals surface area contributed by atoms with Gasteiger partial charge in [-0.15, -0.1) is 0 Å². The predicted molar refractivity (Wildman–Crippen MR) is 72.2 cm³/mol. The molecular weight excluding hydrogens is 263 g/mol. The maximum atomic E-state index is 12.7. The second-order valence-electron chi connectivity index (χ2n) is 4.45. The van der Waals surface area contributed by atoms with Gasteiger partial charge in [0.25, 0.3) is 0 Å². The van der Waals surface area contributed by atoms with E-state index < -0.39 is 11.7 Å². The van der Waals surface area contributed by atoms with E-state index in [0.29, 0.717) is 10.9 Å². The summed E-state index contributed by atoms with van der Waals surface area (Å²) >= 11 is 0. The van der Waals surface area contributed by atoms with Gasteiger partial charge in [0.1, 0.15) is 0 Å². The van der Waals surface area contributed by atoms with Crippen LogP contribution < -0.4 is 0 Å². The Morgan fingerprint density at radius 2 is 1.60 bits per heavy atom. The van der Waals surface area contributed by atoms with Crippen molar-refractivity contribution in [1.82, 2.24) is 4.98 Å². The summed E-state index contributed by atoms with van der Waals surface area (Å²) in [4.78, 5) is 4.04. The summed E-state index contributed by atoms with van der Waals surface area (Å²) < 4.78 is 38.1. The Kier molecular flexibility index (Phi) is 2.93. The summed E-state index contributed by atoms with van der Waals surface area (Å²) in [5, 5.41) is 0.715. The van der Waals surface area contributed by atoms with Gasteiger partial charge in [0.15, 0.2) is 0 Å². The van der Waals surface area contributed by atoms with Gasteiger partial charge in [-0.1, -0.05) is 36.4 Å². The number of pyridine rings is 1. The Bertz CT molecular complexity index is 749. The van der Waals surface area contributed by atoms with Gasteiger partial charge in [0.05, 0.1) is 11.1 Å². The number of hydrogen-bond donors (Lipinski definition) is 0. The summed E-state index contributed by atoms with van der Waals surface area (Å²) in [5.41, 5.74) is 1.51. The van der Waals surface area contributed by atoms with Crippen LogP contribution in [0.5, 0.6) is 0 Å². The molecule has 0 spiro atoms. The van der Waals surface area contributed by atoms with Crippen LogP contribution in [-0.2, 0) is 6.18 Å². The Morgan fingerprint density at radius 3 is 2.30 bits per heavy atom. The van der Waals surface area contributed by atoms with Crippen LogP contribution >= 0.6 is 0 Å². The second-order valence-corrected chi connectivity index (χ2v) is 4.45. The van der Waals surface area contributed by atoms with E-state index in [-0.39, 0.29) is 0 Å². The Hall–Kier alpha value is -2.36.